The first-order chi connectivity index (χ1) is 11.1. The van der Waals surface area contributed by atoms with Crippen LogP contribution in [0.4, 0.5) is 0 Å². The molecule has 0 atom stereocenters. The number of nitrogens with one attached hydrogen (secondary N) is 1. The molecule has 3 N–H and O–H groups in total. The summed E-state index contributed by atoms with van der Waals surface area (Å²) in [4.78, 5) is 27.7. The summed E-state index contributed by atoms with van der Waals surface area (Å²) in [6.45, 7) is 0.311. The molecule has 5 nitrogen and oxygen atoms in total. The lowest BCUT2D eigenvalue weighted by atomic mass is 10.1. The molecule has 0 spiro atoms. The first-order valence-electron chi connectivity index (χ1n) is 6.78. The normalized spacial score (nSPS) is 10.4. The second kappa shape index (κ2) is 6.72. The van der Waals surface area contributed by atoms with Gasteiger partial charge in [-0.15, -0.1) is 11.3 Å². The second-order valence-electron chi connectivity index (χ2n) is 4.80. The van der Waals surface area contributed by atoms with Gasteiger partial charge in [0, 0.05) is 28.4 Å². The first kappa shape index (κ1) is 15.4. The third kappa shape index (κ3) is 3.64. The van der Waals surface area contributed by atoms with E-state index in [2.05, 4.69) is 10.3 Å². The van der Waals surface area contributed by atoms with Crippen LogP contribution in [-0.2, 0) is 6.54 Å². The van der Waals surface area contributed by atoms with Crippen molar-refractivity contribution in [1.82, 2.24) is 10.3 Å². The third-order valence-electron chi connectivity index (χ3n) is 3.17. The lowest BCUT2D eigenvalue weighted by Crippen LogP contribution is -2.23. The van der Waals surface area contributed by atoms with E-state index < -0.39 is 5.91 Å². The van der Waals surface area contributed by atoms with E-state index in [0.717, 1.165) is 16.1 Å². The third-order valence-corrected chi connectivity index (χ3v) is 4.74. The molecule has 0 aliphatic carbocycles. The Balaban J connectivity index is 1.66. The standard InChI is InChI=1S/C16H13N3O2S2/c17-14(20)11-3-1-2-10(6-11)7-18-15(21)13-9-23-16(19-13)12-4-5-22-8-12/h1-6,8-9H,7H2,(H2,17,20)(H,18,21). The van der Waals surface area contributed by atoms with Crippen LogP contribution in [0, 0.1) is 0 Å². The van der Waals surface area contributed by atoms with Gasteiger partial charge in [-0.1, -0.05) is 12.1 Å². The predicted octanol–water partition coefficient (Wildman–Crippen LogP) is 2.90. The zero-order valence-corrected chi connectivity index (χ0v) is 13.6. The van der Waals surface area contributed by atoms with Crippen LogP contribution in [-0.4, -0.2) is 16.8 Å². The molecule has 0 fully saturated rings. The van der Waals surface area contributed by atoms with Gasteiger partial charge in [0.05, 0.1) is 0 Å². The molecule has 3 aromatic rings. The van der Waals surface area contributed by atoms with Crippen molar-refractivity contribution in [3.63, 3.8) is 0 Å². The monoisotopic (exact) mass is 343 g/mol. The summed E-state index contributed by atoms with van der Waals surface area (Å²) in [6.07, 6.45) is 0. The molecule has 0 aliphatic heterocycles. The Kier molecular flexibility index (Phi) is 4.50. The van der Waals surface area contributed by atoms with Crippen molar-refractivity contribution in [3.8, 4) is 10.6 Å². The Morgan fingerprint density at radius 2 is 2.09 bits per heavy atom. The highest BCUT2D eigenvalue weighted by molar-refractivity contribution is 7.14. The molecule has 23 heavy (non-hydrogen) atoms. The van der Waals surface area contributed by atoms with E-state index in [0.29, 0.717) is 17.8 Å². The second-order valence-corrected chi connectivity index (χ2v) is 6.44. The summed E-state index contributed by atoms with van der Waals surface area (Å²) in [5, 5.41) is 9.33. The molecule has 0 radical (unpaired) electrons. The van der Waals surface area contributed by atoms with Crippen molar-refractivity contribution < 1.29 is 9.59 Å². The molecule has 2 amide bonds. The predicted molar refractivity (Wildman–Crippen MR) is 91.6 cm³/mol. The molecule has 0 saturated carbocycles. The van der Waals surface area contributed by atoms with Gasteiger partial charge in [0.1, 0.15) is 10.7 Å². The molecule has 0 saturated heterocycles. The topological polar surface area (TPSA) is 85.1 Å². The summed E-state index contributed by atoms with van der Waals surface area (Å²) in [5.74, 6) is -0.731. The Morgan fingerprint density at radius 1 is 1.22 bits per heavy atom. The summed E-state index contributed by atoms with van der Waals surface area (Å²) < 4.78 is 0. The average molecular weight is 343 g/mol. The van der Waals surface area contributed by atoms with Gasteiger partial charge < -0.3 is 11.1 Å². The zero-order chi connectivity index (χ0) is 16.2. The number of carbonyl (C=O) groups excluding carboxylic acids is 2. The van der Waals surface area contributed by atoms with E-state index in [1.165, 1.54) is 11.3 Å². The van der Waals surface area contributed by atoms with Crippen LogP contribution in [0.5, 0.6) is 0 Å². The average Bonchev–Trinajstić information content (AvgIpc) is 3.23. The molecule has 116 valence electrons. The Bertz CT molecular complexity index is 841. The highest BCUT2D eigenvalue weighted by atomic mass is 32.1. The number of thiophene rings is 1. The first-order valence-corrected chi connectivity index (χ1v) is 8.61. The number of primary amides is 1. The van der Waals surface area contributed by atoms with E-state index in [1.54, 1.807) is 34.9 Å². The van der Waals surface area contributed by atoms with Crippen molar-refractivity contribution in [2.24, 2.45) is 5.73 Å². The lowest BCUT2D eigenvalue weighted by Gasteiger charge is -2.04. The highest BCUT2D eigenvalue weighted by Crippen LogP contribution is 2.25. The van der Waals surface area contributed by atoms with Crippen molar-refractivity contribution in [2.45, 2.75) is 6.54 Å². The van der Waals surface area contributed by atoms with Gasteiger partial charge in [0.2, 0.25) is 5.91 Å². The molecule has 1 aromatic carbocycles. The molecular formula is C16H13N3O2S2. The van der Waals surface area contributed by atoms with Gasteiger partial charge in [-0.25, -0.2) is 4.98 Å². The fourth-order valence-corrected chi connectivity index (χ4v) is 3.52. The largest absolute Gasteiger partial charge is 0.366 e. The van der Waals surface area contributed by atoms with Gasteiger partial charge >= 0.3 is 0 Å². The van der Waals surface area contributed by atoms with Gasteiger partial charge in [-0.2, -0.15) is 11.3 Å². The molecule has 2 heterocycles. The van der Waals surface area contributed by atoms with Crippen LogP contribution in [0.1, 0.15) is 26.4 Å². The highest BCUT2D eigenvalue weighted by Gasteiger charge is 2.12. The molecule has 2 aromatic heterocycles. The number of benzene rings is 1. The number of amides is 2. The van der Waals surface area contributed by atoms with Gasteiger partial charge in [-0.05, 0) is 29.1 Å². The SMILES string of the molecule is NC(=O)c1cccc(CNC(=O)c2csc(-c3ccsc3)n2)c1. The maximum absolute atomic E-state index is 12.2. The van der Waals surface area contributed by atoms with E-state index >= 15 is 0 Å². The van der Waals surface area contributed by atoms with E-state index in [-0.39, 0.29) is 5.91 Å². The van der Waals surface area contributed by atoms with E-state index in [9.17, 15) is 9.59 Å². The Hall–Kier alpha value is -2.51. The number of nitrogens with zero attached hydrogens (tertiary/aromatic N) is 1. The molecule has 0 aliphatic rings. The minimum atomic E-state index is -0.488. The van der Waals surface area contributed by atoms with Crippen molar-refractivity contribution in [1.29, 1.82) is 0 Å². The minimum absolute atomic E-state index is 0.243. The van der Waals surface area contributed by atoms with E-state index in [4.69, 9.17) is 5.73 Å². The van der Waals surface area contributed by atoms with Crippen molar-refractivity contribution in [3.05, 3.63) is 63.3 Å². The maximum atomic E-state index is 12.2. The number of carbonyl (C=O) groups is 2. The number of aromatic nitrogens is 1. The molecule has 7 heteroatoms. The van der Waals surface area contributed by atoms with Crippen LogP contribution in [0.15, 0.2) is 46.5 Å². The molecular weight excluding hydrogens is 330 g/mol. The van der Waals surface area contributed by atoms with Crippen LogP contribution in [0.25, 0.3) is 10.6 Å². The fourth-order valence-electron chi connectivity index (χ4n) is 2.00. The van der Waals surface area contributed by atoms with Crippen molar-refractivity contribution in [2.75, 3.05) is 0 Å². The zero-order valence-electron chi connectivity index (χ0n) is 12.0. The van der Waals surface area contributed by atoms with Crippen LogP contribution < -0.4 is 11.1 Å². The lowest BCUT2D eigenvalue weighted by molar-refractivity contribution is 0.0946. The number of hydrogen-bond acceptors (Lipinski definition) is 5. The fraction of sp³-hybridized carbons (Fsp3) is 0.0625. The quantitative estimate of drug-likeness (QED) is 0.747. The van der Waals surface area contributed by atoms with Crippen LogP contribution >= 0.6 is 22.7 Å². The van der Waals surface area contributed by atoms with Crippen LogP contribution in [0.2, 0.25) is 0 Å². The number of nitrogens with two attached hydrogens (primary N) is 1. The van der Waals surface area contributed by atoms with E-state index in [1.807, 2.05) is 22.9 Å². The summed E-state index contributed by atoms with van der Waals surface area (Å²) in [5.41, 5.74) is 7.89. The molecule has 3 rings (SSSR count). The van der Waals surface area contributed by atoms with Gasteiger partial charge in [-0.3, -0.25) is 9.59 Å². The molecule has 0 unspecified atom stereocenters. The number of hydrogen-bond donors (Lipinski definition) is 2. The van der Waals surface area contributed by atoms with Gasteiger partial charge in [0.15, 0.2) is 0 Å². The summed E-state index contributed by atoms with van der Waals surface area (Å²) in [6, 6.07) is 8.84. The van der Waals surface area contributed by atoms with Crippen molar-refractivity contribution >= 4 is 34.5 Å². The minimum Gasteiger partial charge on any atom is -0.366 e. The number of rotatable bonds is 5. The number of thiazole rings is 1. The Labute approximate surface area is 140 Å². The maximum Gasteiger partial charge on any atom is 0.271 e. The van der Waals surface area contributed by atoms with Crippen LogP contribution in [0.3, 0.4) is 0 Å². The summed E-state index contributed by atoms with van der Waals surface area (Å²) in [7, 11) is 0. The van der Waals surface area contributed by atoms with Gasteiger partial charge in [0.25, 0.3) is 5.91 Å². The molecule has 0 bridgehead atoms. The smallest absolute Gasteiger partial charge is 0.271 e. The Morgan fingerprint density at radius 3 is 2.83 bits per heavy atom. The summed E-state index contributed by atoms with van der Waals surface area (Å²) >= 11 is 3.03.